The number of nitrogens with one attached hydrogen (secondary N) is 1. The molecule has 2 aliphatic rings. The fourth-order valence-electron chi connectivity index (χ4n) is 4.05. The summed E-state index contributed by atoms with van der Waals surface area (Å²) in [5.41, 5.74) is 0.503. The van der Waals surface area contributed by atoms with Gasteiger partial charge >= 0.3 is 6.09 Å². The van der Waals surface area contributed by atoms with Crippen LogP contribution in [-0.4, -0.2) is 62.1 Å². The smallest absolute Gasteiger partial charge is 0.411 e. The number of rotatable bonds is 7. The Kier molecular flexibility index (Phi) is 7.00. The molecule has 160 valence electrons. The van der Waals surface area contributed by atoms with Crippen molar-refractivity contribution in [2.75, 3.05) is 30.0 Å². The number of carbonyl (C=O) groups excluding carboxylic acids is 2. The van der Waals surface area contributed by atoms with Crippen molar-refractivity contribution in [3.63, 3.8) is 0 Å². The summed E-state index contributed by atoms with van der Waals surface area (Å²) >= 11 is 0. The molecule has 0 radical (unpaired) electrons. The maximum Gasteiger partial charge on any atom is 0.411 e. The van der Waals surface area contributed by atoms with Crippen LogP contribution in [-0.2, 0) is 19.4 Å². The molecular weight excluding hydrogens is 396 g/mol. The molecule has 0 bridgehead atoms. The molecule has 1 N–H and O–H groups in total. The lowest BCUT2D eigenvalue weighted by Gasteiger charge is -2.34. The largest absolute Gasteiger partial charge is 0.484 e. The first-order valence-electron chi connectivity index (χ1n) is 10.1. The zero-order valence-corrected chi connectivity index (χ0v) is 17.4. The van der Waals surface area contributed by atoms with Crippen LogP contribution in [0.15, 0.2) is 24.3 Å². The van der Waals surface area contributed by atoms with Crippen LogP contribution in [0.5, 0.6) is 5.75 Å². The normalized spacial score (nSPS) is 20.9. The van der Waals surface area contributed by atoms with Gasteiger partial charge in [0.25, 0.3) is 5.91 Å². The summed E-state index contributed by atoms with van der Waals surface area (Å²) in [4.78, 5) is 26.3. The average Bonchev–Trinajstić information content (AvgIpc) is 3.31. The highest BCUT2D eigenvalue weighted by Gasteiger charge is 2.39. The summed E-state index contributed by atoms with van der Waals surface area (Å²) in [7, 11) is -3.08. The number of sulfone groups is 1. The van der Waals surface area contributed by atoms with E-state index < -0.39 is 15.9 Å². The van der Waals surface area contributed by atoms with E-state index in [1.54, 1.807) is 36.1 Å². The van der Waals surface area contributed by atoms with Crippen LogP contribution >= 0.6 is 0 Å². The van der Waals surface area contributed by atoms with E-state index in [9.17, 15) is 18.0 Å². The van der Waals surface area contributed by atoms with Gasteiger partial charge in [0, 0.05) is 23.8 Å². The van der Waals surface area contributed by atoms with Crippen LogP contribution in [0.3, 0.4) is 0 Å². The van der Waals surface area contributed by atoms with Gasteiger partial charge in [-0.05, 0) is 38.3 Å². The van der Waals surface area contributed by atoms with Gasteiger partial charge in [0.2, 0.25) is 0 Å². The van der Waals surface area contributed by atoms with Crippen LogP contribution in [0, 0.1) is 0 Å². The average molecular weight is 425 g/mol. The van der Waals surface area contributed by atoms with Crippen LogP contribution in [0.1, 0.15) is 39.0 Å². The lowest BCUT2D eigenvalue weighted by molar-refractivity contribution is -0.137. The first-order chi connectivity index (χ1) is 13.9. The molecule has 0 aromatic heterocycles. The SMILES string of the molecule is CCOC(=O)Nc1cccc(OCC(=O)N(C2CCCC2)C2CCS(=O)(=O)C2)c1. The number of amides is 2. The van der Waals surface area contributed by atoms with Gasteiger partial charge in [-0.3, -0.25) is 10.1 Å². The molecule has 0 spiro atoms. The first kappa shape index (κ1) is 21.4. The summed E-state index contributed by atoms with van der Waals surface area (Å²) in [6, 6.07) is 6.53. The number of benzene rings is 1. The van der Waals surface area contributed by atoms with Crippen LogP contribution in [0.4, 0.5) is 10.5 Å². The minimum absolute atomic E-state index is 0.0359. The van der Waals surface area contributed by atoms with E-state index in [1.807, 2.05) is 0 Å². The van der Waals surface area contributed by atoms with Crippen molar-refractivity contribution in [3.8, 4) is 5.75 Å². The van der Waals surface area contributed by atoms with Gasteiger partial charge in [0.1, 0.15) is 5.75 Å². The number of ether oxygens (including phenoxy) is 2. The van der Waals surface area contributed by atoms with Crippen LogP contribution in [0.2, 0.25) is 0 Å². The molecule has 1 atom stereocenters. The Morgan fingerprint density at radius 2 is 1.93 bits per heavy atom. The van der Waals surface area contributed by atoms with E-state index in [-0.39, 0.29) is 42.7 Å². The Morgan fingerprint density at radius 3 is 2.59 bits per heavy atom. The molecule has 1 aromatic carbocycles. The van der Waals surface area contributed by atoms with Gasteiger partial charge in [-0.2, -0.15) is 0 Å². The Hall–Kier alpha value is -2.29. The zero-order valence-electron chi connectivity index (χ0n) is 16.6. The molecule has 1 saturated carbocycles. The standard InChI is InChI=1S/C20H28N2O6S/c1-2-27-20(24)21-15-6-5-9-18(12-15)28-13-19(23)22(16-7-3-4-8-16)17-10-11-29(25,26)14-17/h5-6,9,12,16-17H,2-4,7-8,10-11,13-14H2,1H3,(H,21,24). The lowest BCUT2D eigenvalue weighted by Crippen LogP contribution is -2.48. The van der Waals surface area contributed by atoms with Crippen molar-refractivity contribution in [1.82, 2.24) is 4.90 Å². The second kappa shape index (κ2) is 9.47. The first-order valence-corrected chi connectivity index (χ1v) is 11.9. The fourth-order valence-corrected chi connectivity index (χ4v) is 5.76. The minimum atomic E-state index is -3.08. The van der Waals surface area contributed by atoms with Gasteiger partial charge < -0.3 is 14.4 Å². The van der Waals surface area contributed by atoms with Gasteiger partial charge in [0.15, 0.2) is 16.4 Å². The number of hydrogen-bond acceptors (Lipinski definition) is 6. The monoisotopic (exact) mass is 424 g/mol. The molecule has 1 saturated heterocycles. The Bertz CT molecular complexity index is 835. The number of carbonyl (C=O) groups is 2. The summed E-state index contributed by atoms with van der Waals surface area (Å²) in [6.45, 7) is 1.82. The van der Waals surface area contributed by atoms with E-state index in [2.05, 4.69) is 5.32 Å². The maximum atomic E-state index is 13.0. The molecule has 29 heavy (non-hydrogen) atoms. The zero-order chi connectivity index (χ0) is 20.9. The molecule has 1 heterocycles. The van der Waals surface area contributed by atoms with Crippen molar-refractivity contribution in [2.45, 2.75) is 51.1 Å². The molecule has 3 rings (SSSR count). The van der Waals surface area contributed by atoms with Gasteiger partial charge in [-0.15, -0.1) is 0 Å². The van der Waals surface area contributed by atoms with Crippen molar-refractivity contribution < 1.29 is 27.5 Å². The number of anilines is 1. The number of nitrogens with zero attached hydrogens (tertiary/aromatic N) is 1. The topological polar surface area (TPSA) is 102 Å². The van der Waals surface area contributed by atoms with E-state index in [0.717, 1.165) is 25.7 Å². The van der Waals surface area contributed by atoms with Crippen molar-refractivity contribution in [3.05, 3.63) is 24.3 Å². The minimum Gasteiger partial charge on any atom is -0.484 e. The highest BCUT2D eigenvalue weighted by atomic mass is 32.2. The predicted molar refractivity (Wildman–Crippen MR) is 109 cm³/mol. The van der Waals surface area contributed by atoms with Gasteiger partial charge in [-0.25, -0.2) is 13.2 Å². The molecule has 1 aliphatic heterocycles. The van der Waals surface area contributed by atoms with E-state index in [4.69, 9.17) is 9.47 Å². The second-order valence-electron chi connectivity index (χ2n) is 7.46. The maximum absolute atomic E-state index is 13.0. The van der Waals surface area contributed by atoms with Crippen LogP contribution in [0.25, 0.3) is 0 Å². The molecule has 1 unspecified atom stereocenters. The third-order valence-corrected chi connectivity index (χ3v) is 7.08. The summed E-state index contributed by atoms with van der Waals surface area (Å²) in [5.74, 6) is 0.422. The Morgan fingerprint density at radius 1 is 1.17 bits per heavy atom. The highest BCUT2D eigenvalue weighted by molar-refractivity contribution is 7.91. The van der Waals surface area contributed by atoms with Gasteiger partial charge in [0.05, 0.1) is 18.1 Å². The van der Waals surface area contributed by atoms with Gasteiger partial charge in [-0.1, -0.05) is 18.9 Å². The Labute approximate surface area is 171 Å². The molecule has 2 amide bonds. The van der Waals surface area contributed by atoms with E-state index in [1.165, 1.54) is 0 Å². The lowest BCUT2D eigenvalue weighted by atomic mass is 10.1. The molecule has 1 aliphatic carbocycles. The predicted octanol–water partition coefficient (Wildman–Crippen LogP) is 2.59. The van der Waals surface area contributed by atoms with E-state index in [0.29, 0.717) is 17.9 Å². The molecule has 8 nitrogen and oxygen atoms in total. The third kappa shape index (κ3) is 5.85. The van der Waals surface area contributed by atoms with Crippen LogP contribution < -0.4 is 10.1 Å². The summed E-state index contributed by atoms with van der Waals surface area (Å²) in [5, 5.41) is 2.59. The molecule has 2 fully saturated rings. The van der Waals surface area contributed by atoms with Crippen molar-refractivity contribution in [2.24, 2.45) is 0 Å². The second-order valence-corrected chi connectivity index (χ2v) is 9.69. The van der Waals surface area contributed by atoms with E-state index >= 15 is 0 Å². The molecular formula is C20H28N2O6S. The number of hydrogen-bond donors (Lipinski definition) is 1. The highest BCUT2D eigenvalue weighted by Crippen LogP contribution is 2.29. The van der Waals surface area contributed by atoms with Crippen molar-refractivity contribution >= 4 is 27.5 Å². The fraction of sp³-hybridized carbons (Fsp3) is 0.600. The molecule has 1 aromatic rings. The Balaban J connectivity index is 1.63. The summed E-state index contributed by atoms with van der Waals surface area (Å²) < 4.78 is 34.4. The quantitative estimate of drug-likeness (QED) is 0.722. The third-order valence-electron chi connectivity index (χ3n) is 5.33. The van der Waals surface area contributed by atoms with Crippen molar-refractivity contribution in [1.29, 1.82) is 0 Å². The summed E-state index contributed by atoms with van der Waals surface area (Å²) in [6.07, 6.45) is 3.84. The molecule has 9 heteroatoms.